The molecule has 2 rings (SSSR count). The first-order valence-electron chi connectivity index (χ1n) is 6.62. The summed E-state index contributed by atoms with van der Waals surface area (Å²) in [5, 5.41) is 11.4. The first kappa shape index (κ1) is 13.6. The summed E-state index contributed by atoms with van der Waals surface area (Å²) in [5.74, 6) is -0.565. The lowest BCUT2D eigenvalue weighted by Crippen LogP contribution is -2.31. The Bertz CT molecular complexity index is 458. The molecule has 102 valence electrons. The number of hydrogen-bond acceptors (Lipinski definition) is 2. The molecule has 1 aromatic carbocycles. The van der Waals surface area contributed by atoms with E-state index in [1.54, 1.807) is 6.92 Å². The second kappa shape index (κ2) is 5.87. The number of nitrogens with one attached hydrogen (secondary N) is 1. The van der Waals surface area contributed by atoms with Crippen molar-refractivity contribution in [2.24, 2.45) is 11.8 Å². The lowest BCUT2D eigenvalue weighted by atomic mass is 10.1. The summed E-state index contributed by atoms with van der Waals surface area (Å²) in [7, 11) is 0. The van der Waals surface area contributed by atoms with Crippen LogP contribution >= 0.6 is 0 Å². The molecular weight excluding hydrogens is 242 g/mol. The summed E-state index contributed by atoms with van der Waals surface area (Å²) in [6.45, 7) is 1.80. The van der Waals surface area contributed by atoms with Gasteiger partial charge in [0.15, 0.2) is 0 Å². The molecule has 1 aromatic rings. The van der Waals surface area contributed by atoms with E-state index in [1.165, 1.54) is 5.56 Å². The predicted molar refractivity (Wildman–Crippen MR) is 71.7 cm³/mol. The molecule has 1 amide bonds. The van der Waals surface area contributed by atoms with E-state index < -0.39 is 11.9 Å². The second-order valence-corrected chi connectivity index (χ2v) is 5.26. The first-order valence-corrected chi connectivity index (χ1v) is 6.62. The Morgan fingerprint density at radius 3 is 2.68 bits per heavy atom. The summed E-state index contributed by atoms with van der Waals surface area (Å²) in [6, 6.07) is 10.2. The van der Waals surface area contributed by atoms with Crippen molar-refractivity contribution in [3.63, 3.8) is 0 Å². The van der Waals surface area contributed by atoms with Gasteiger partial charge in [0.2, 0.25) is 5.91 Å². The number of carboxylic acid groups (broad SMARTS) is 1. The molecule has 1 saturated carbocycles. The molecule has 0 aromatic heterocycles. The largest absolute Gasteiger partial charge is 0.481 e. The number of carbonyl (C=O) groups is 2. The number of hydrogen-bond donors (Lipinski definition) is 2. The number of amides is 1. The van der Waals surface area contributed by atoms with Crippen LogP contribution in [0.2, 0.25) is 0 Å². The smallest absolute Gasteiger partial charge is 0.308 e. The maximum absolute atomic E-state index is 11.7. The van der Waals surface area contributed by atoms with E-state index in [0.29, 0.717) is 18.3 Å². The van der Waals surface area contributed by atoms with Crippen molar-refractivity contribution in [1.29, 1.82) is 0 Å². The molecule has 0 spiro atoms. The highest BCUT2D eigenvalue weighted by Crippen LogP contribution is 2.49. The lowest BCUT2D eigenvalue weighted by molar-refractivity contribution is -0.141. The summed E-state index contributed by atoms with van der Waals surface area (Å²) in [5.41, 5.74) is 1.29. The van der Waals surface area contributed by atoms with Crippen molar-refractivity contribution < 1.29 is 14.7 Å². The van der Waals surface area contributed by atoms with E-state index in [-0.39, 0.29) is 12.5 Å². The van der Waals surface area contributed by atoms with Gasteiger partial charge in [0, 0.05) is 13.0 Å². The third-order valence-corrected chi connectivity index (χ3v) is 3.62. The van der Waals surface area contributed by atoms with E-state index in [1.807, 2.05) is 18.2 Å². The molecule has 1 aliphatic carbocycles. The van der Waals surface area contributed by atoms with Crippen LogP contribution in [0.5, 0.6) is 0 Å². The molecule has 3 atom stereocenters. The minimum atomic E-state index is -0.881. The summed E-state index contributed by atoms with van der Waals surface area (Å²) < 4.78 is 0. The molecule has 0 saturated heterocycles. The van der Waals surface area contributed by atoms with Crippen LogP contribution in [0.4, 0.5) is 0 Å². The zero-order valence-electron chi connectivity index (χ0n) is 11.0. The maximum Gasteiger partial charge on any atom is 0.308 e. The summed E-state index contributed by atoms with van der Waals surface area (Å²) in [6.07, 6.45) is 1.54. The number of aliphatic carboxylic acids is 1. The molecule has 1 unspecified atom stereocenters. The summed E-state index contributed by atoms with van der Waals surface area (Å²) in [4.78, 5) is 22.3. The average Bonchev–Trinajstić information content (AvgIpc) is 3.16. The molecule has 2 N–H and O–H groups in total. The standard InChI is InChI=1S/C15H19NO3/c1-10(15(18)19)9-16-14(17)8-12-7-13(12)11-5-3-2-4-6-11/h2-6,10,12-13H,7-9H2,1H3,(H,16,17)(H,18,19)/t10?,12-,13-/m0/s1. The fourth-order valence-corrected chi connectivity index (χ4v) is 2.25. The quantitative estimate of drug-likeness (QED) is 0.823. The monoisotopic (exact) mass is 261 g/mol. The molecule has 0 radical (unpaired) electrons. The highest BCUT2D eigenvalue weighted by molar-refractivity contribution is 5.78. The van der Waals surface area contributed by atoms with Crippen LogP contribution in [-0.4, -0.2) is 23.5 Å². The Morgan fingerprint density at radius 2 is 2.05 bits per heavy atom. The van der Waals surface area contributed by atoms with Gasteiger partial charge in [-0.05, 0) is 23.8 Å². The number of carboxylic acids is 1. The number of benzene rings is 1. The molecular formula is C15H19NO3. The van der Waals surface area contributed by atoms with Crippen LogP contribution in [0.25, 0.3) is 0 Å². The van der Waals surface area contributed by atoms with Gasteiger partial charge in [-0.3, -0.25) is 9.59 Å². The van der Waals surface area contributed by atoms with E-state index in [0.717, 1.165) is 6.42 Å². The zero-order valence-corrected chi connectivity index (χ0v) is 11.0. The number of carbonyl (C=O) groups excluding carboxylic acids is 1. The van der Waals surface area contributed by atoms with E-state index in [4.69, 9.17) is 5.11 Å². The van der Waals surface area contributed by atoms with Crippen LogP contribution in [0.3, 0.4) is 0 Å². The van der Waals surface area contributed by atoms with E-state index in [9.17, 15) is 9.59 Å². The molecule has 1 aliphatic rings. The molecule has 19 heavy (non-hydrogen) atoms. The molecule has 1 fully saturated rings. The van der Waals surface area contributed by atoms with Gasteiger partial charge in [0.1, 0.15) is 0 Å². The molecule has 4 heteroatoms. The first-order chi connectivity index (χ1) is 9.08. The Balaban J connectivity index is 1.72. The van der Waals surface area contributed by atoms with E-state index >= 15 is 0 Å². The average molecular weight is 261 g/mol. The van der Waals surface area contributed by atoms with Gasteiger partial charge in [-0.25, -0.2) is 0 Å². The van der Waals surface area contributed by atoms with Gasteiger partial charge in [0.05, 0.1) is 5.92 Å². The van der Waals surface area contributed by atoms with Crippen molar-refractivity contribution in [2.45, 2.75) is 25.7 Å². The van der Waals surface area contributed by atoms with Crippen LogP contribution in [0, 0.1) is 11.8 Å². The molecule has 0 bridgehead atoms. The third-order valence-electron chi connectivity index (χ3n) is 3.62. The van der Waals surface area contributed by atoms with Gasteiger partial charge in [-0.2, -0.15) is 0 Å². The highest BCUT2D eigenvalue weighted by Gasteiger charge is 2.39. The topological polar surface area (TPSA) is 66.4 Å². The minimum absolute atomic E-state index is 0.0449. The van der Waals surface area contributed by atoms with Gasteiger partial charge < -0.3 is 10.4 Å². The van der Waals surface area contributed by atoms with Crippen molar-refractivity contribution in [3.05, 3.63) is 35.9 Å². The van der Waals surface area contributed by atoms with Crippen molar-refractivity contribution in [2.75, 3.05) is 6.54 Å². The Labute approximate surface area is 112 Å². The Hall–Kier alpha value is -1.84. The van der Waals surface area contributed by atoms with Crippen molar-refractivity contribution >= 4 is 11.9 Å². The normalized spacial score (nSPS) is 22.6. The molecule has 0 heterocycles. The third kappa shape index (κ3) is 3.81. The minimum Gasteiger partial charge on any atom is -0.481 e. The zero-order chi connectivity index (χ0) is 13.8. The lowest BCUT2D eigenvalue weighted by Gasteiger charge is -2.08. The van der Waals surface area contributed by atoms with E-state index in [2.05, 4.69) is 17.4 Å². The number of rotatable bonds is 6. The Morgan fingerprint density at radius 1 is 1.37 bits per heavy atom. The van der Waals surface area contributed by atoms with Gasteiger partial charge in [-0.15, -0.1) is 0 Å². The van der Waals surface area contributed by atoms with Gasteiger partial charge in [0.25, 0.3) is 0 Å². The summed E-state index contributed by atoms with van der Waals surface area (Å²) >= 11 is 0. The highest BCUT2D eigenvalue weighted by atomic mass is 16.4. The SMILES string of the molecule is CC(CNC(=O)C[C@@H]1C[C@H]1c1ccccc1)C(=O)O. The molecule has 4 nitrogen and oxygen atoms in total. The van der Waals surface area contributed by atoms with Gasteiger partial charge >= 0.3 is 5.97 Å². The van der Waals surface area contributed by atoms with Crippen LogP contribution in [-0.2, 0) is 9.59 Å². The van der Waals surface area contributed by atoms with Crippen molar-refractivity contribution in [1.82, 2.24) is 5.32 Å². The van der Waals surface area contributed by atoms with Crippen molar-refractivity contribution in [3.8, 4) is 0 Å². The van der Waals surface area contributed by atoms with Crippen LogP contribution in [0.15, 0.2) is 30.3 Å². The fourth-order valence-electron chi connectivity index (χ4n) is 2.25. The molecule has 0 aliphatic heterocycles. The van der Waals surface area contributed by atoms with Crippen LogP contribution in [0.1, 0.15) is 31.2 Å². The maximum atomic E-state index is 11.7. The predicted octanol–water partition coefficient (Wildman–Crippen LogP) is 2.02. The second-order valence-electron chi connectivity index (χ2n) is 5.26. The van der Waals surface area contributed by atoms with Gasteiger partial charge in [-0.1, -0.05) is 37.3 Å². The van der Waals surface area contributed by atoms with Crippen LogP contribution < -0.4 is 5.32 Å². The Kier molecular flexibility index (Phi) is 4.20. The fraction of sp³-hybridized carbons (Fsp3) is 0.467.